The first kappa shape index (κ1) is 27.4. The number of hydrogen-bond donors (Lipinski definition) is 2. The van der Waals surface area contributed by atoms with E-state index in [1.165, 1.54) is 31.3 Å². The predicted octanol–water partition coefficient (Wildman–Crippen LogP) is 5.53. The molecule has 7 nitrogen and oxygen atoms in total. The summed E-state index contributed by atoms with van der Waals surface area (Å²) in [4.78, 5) is 41.2. The fourth-order valence-corrected chi connectivity index (χ4v) is 9.41. The number of ketones is 1. The normalized spacial score (nSPS) is 41.3. The highest BCUT2D eigenvalue weighted by molar-refractivity contribution is 5.96. The second-order valence-electron chi connectivity index (χ2n) is 13.5. The summed E-state index contributed by atoms with van der Waals surface area (Å²) in [6, 6.07) is 0. The van der Waals surface area contributed by atoms with Crippen LogP contribution in [0.1, 0.15) is 97.8 Å². The molecule has 0 saturated heterocycles. The molecule has 0 aromatic rings. The monoisotopic (exact) mass is 526 g/mol. The van der Waals surface area contributed by atoms with E-state index in [1.54, 1.807) is 6.92 Å². The Hall–Kier alpha value is -2.18. The minimum absolute atomic E-state index is 0.0866. The molecule has 38 heavy (non-hydrogen) atoms. The van der Waals surface area contributed by atoms with Crippen LogP contribution in [0.4, 0.5) is 0 Å². The summed E-state index contributed by atoms with van der Waals surface area (Å²) in [7, 11) is 0. The lowest BCUT2D eigenvalue weighted by molar-refractivity contribution is -0.143. The van der Waals surface area contributed by atoms with Crippen molar-refractivity contribution in [2.75, 3.05) is 13.2 Å². The molecule has 5 rings (SSSR count). The molecule has 0 aromatic carbocycles. The maximum atomic E-state index is 12.4. The van der Waals surface area contributed by atoms with Crippen molar-refractivity contribution >= 4 is 23.4 Å². The van der Waals surface area contributed by atoms with Gasteiger partial charge < -0.3 is 15.3 Å². The van der Waals surface area contributed by atoms with E-state index in [2.05, 4.69) is 30.4 Å². The van der Waals surface area contributed by atoms with Crippen LogP contribution in [-0.2, 0) is 19.2 Å². The summed E-state index contributed by atoms with van der Waals surface area (Å²) in [5, 5.41) is 16.4. The molecule has 0 aromatic heterocycles. The standard InChI is InChI=1S/C31H46N2O5/c1-19(34)25-10-11-26-24-9-8-22-16-23(12-14-30(22,2)27(24)13-15-31(25,26)3)33-38-18-28(35)32-17-20-4-6-21(7-5-20)29(36)37/h16,20-21,24-27H,4-15,17-18H2,1-3H3,(H,32,35)(H,36,37)/b33-23-/t20?,21?,24?,25?,26?,27?,30-,31+/m0/s1. The average molecular weight is 527 g/mol. The van der Waals surface area contributed by atoms with Crippen molar-refractivity contribution in [3.63, 3.8) is 0 Å². The first-order chi connectivity index (χ1) is 18.1. The zero-order chi connectivity index (χ0) is 27.1. The molecule has 4 saturated carbocycles. The quantitative estimate of drug-likeness (QED) is 0.424. The molecule has 210 valence electrons. The Labute approximate surface area is 227 Å². The third-order valence-corrected chi connectivity index (χ3v) is 11.6. The van der Waals surface area contributed by atoms with E-state index in [9.17, 15) is 14.4 Å². The Morgan fingerprint density at radius 3 is 2.47 bits per heavy atom. The van der Waals surface area contributed by atoms with E-state index in [0.29, 0.717) is 42.9 Å². The Kier molecular flexibility index (Phi) is 7.76. The molecular formula is C31H46N2O5. The van der Waals surface area contributed by atoms with E-state index in [4.69, 9.17) is 9.94 Å². The number of carboxylic acid groups (broad SMARTS) is 1. The number of rotatable bonds is 7. The Bertz CT molecular complexity index is 1010. The molecule has 1 amide bonds. The summed E-state index contributed by atoms with van der Waals surface area (Å²) in [5.41, 5.74) is 2.83. The van der Waals surface area contributed by atoms with E-state index in [1.807, 2.05) is 0 Å². The van der Waals surface area contributed by atoms with Crippen molar-refractivity contribution in [3.8, 4) is 0 Å². The van der Waals surface area contributed by atoms with Crippen LogP contribution in [0.15, 0.2) is 16.8 Å². The van der Waals surface area contributed by atoms with Gasteiger partial charge in [0.05, 0.1) is 11.6 Å². The number of oxime groups is 1. The number of Topliss-reactive ketones (excluding diaryl/α,β-unsaturated/α-hetero) is 1. The van der Waals surface area contributed by atoms with Crippen molar-refractivity contribution < 1.29 is 24.3 Å². The minimum Gasteiger partial charge on any atom is -0.481 e. The minimum atomic E-state index is -0.704. The van der Waals surface area contributed by atoms with Gasteiger partial charge in [0.2, 0.25) is 0 Å². The van der Waals surface area contributed by atoms with Gasteiger partial charge in [-0.15, -0.1) is 0 Å². The molecule has 7 heteroatoms. The van der Waals surface area contributed by atoms with Crippen LogP contribution in [0.3, 0.4) is 0 Å². The summed E-state index contributed by atoms with van der Waals surface area (Å²) in [6.07, 6.45) is 14.2. The third-order valence-electron chi connectivity index (χ3n) is 11.6. The lowest BCUT2D eigenvalue weighted by Crippen LogP contribution is -2.51. The number of nitrogens with one attached hydrogen (secondary N) is 1. The van der Waals surface area contributed by atoms with E-state index in [-0.39, 0.29) is 35.2 Å². The molecule has 5 aliphatic rings. The van der Waals surface area contributed by atoms with Gasteiger partial charge in [-0.05, 0) is 125 Å². The van der Waals surface area contributed by atoms with Gasteiger partial charge in [0.15, 0.2) is 6.61 Å². The second-order valence-corrected chi connectivity index (χ2v) is 13.5. The van der Waals surface area contributed by atoms with E-state index in [0.717, 1.165) is 50.2 Å². The van der Waals surface area contributed by atoms with Crippen molar-refractivity contribution in [1.82, 2.24) is 5.32 Å². The fraction of sp³-hybridized carbons (Fsp3) is 0.806. The van der Waals surface area contributed by atoms with Crippen molar-refractivity contribution in [2.45, 2.75) is 97.8 Å². The number of nitrogens with zero attached hydrogens (tertiary/aromatic N) is 1. The Balaban J connectivity index is 1.13. The molecular weight excluding hydrogens is 480 g/mol. The zero-order valence-electron chi connectivity index (χ0n) is 23.5. The highest BCUT2D eigenvalue weighted by Gasteiger charge is 2.59. The summed E-state index contributed by atoms with van der Waals surface area (Å²) >= 11 is 0. The number of fused-ring (bicyclic) bond motifs is 5. The molecule has 0 spiro atoms. The molecule has 2 N–H and O–H groups in total. The van der Waals surface area contributed by atoms with Gasteiger partial charge in [-0.2, -0.15) is 0 Å². The summed E-state index contributed by atoms with van der Waals surface area (Å²) in [5.74, 6) is 1.96. The van der Waals surface area contributed by atoms with Gasteiger partial charge in [-0.3, -0.25) is 14.4 Å². The molecule has 5 aliphatic carbocycles. The fourth-order valence-electron chi connectivity index (χ4n) is 9.41. The van der Waals surface area contributed by atoms with Gasteiger partial charge in [0.1, 0.15) is 5.78 Å². The van der Waals surface area contributed by atoms with Gasteiger partial charge in [-0.1, -0.05) is 24.6 Å². The topological polar surface area (TPSA) is 105 Å². The molecule has 4 fully saturated rings. The zero-order valence-corrected chi connectivity index (χ0v) is 23.5. The molecule has 0 aliphatic heterocycles. The van der Waals surface area contributed by atoms with Crippen LogP contribution < -0.4 is 5.32 Å². The van der Waals surface area contributed by atoms with Crippen LogP contribution >= 0.6 is 0 Å². The van der Waals surface area contributed by atoms with Crippen LogP contribution in [-0.4, -0.2) is 41.6 Å². The van der Waals surface area contributed by atoms with Crippen molar-refractivity contribution in [3.05, 3.63) is 11.6 Å². The lowest BCUT2D eigenvalue weighted by Gasteiger charge is -2.58. The number of allylic oxidation sites excluding steroid dienone is 2. The van der Waals surface area contributed by atoms with Crippen LogP contribution in [0, 0.1) is 46.3 Å². The largest absolute Gasteiger partial charge is 0.481 e. The van der Waals surface area contributed by atoms with Gasteiger partial charge in [-0.25, -0.2) is 0 Å². The van der Waals surface area contributed by atoms with Gasteiger partial charge in [0, 0.05) is 12.5 Å². The number of amides is 1. The van der Waals surface area contributed by atoms with Crippen molar-refractivity contribution in [2.24, 2.45) is 51.5 Å². The number of carbonyl (C=O) groups excluding carboxylic acids is 2. The number of carbonyl (C=O) groups is 3. The van der Waals surface area contributed by atoms with Crippen LogP contribution in [0.5, 0.6) is 0 Å². The Morgan fingerprint density at radius 2 is 1.76 bits per heavy atom. The first-order valence-electron chi connectivity index (χ1n) is 15.0. The summed E-state index contributed by atoms with van der Waals surface area (Å²) < 4.78 is 0. The molecule has 6 atom stereocenters. The Morgan fingerprint density at radius 1 is 1.00 bits per heavy atom. The molecule has 0 heterocycles. The van der Waals surface area contributed by atoms with E-state index >= 15 is 0 Å². The number of carboxylic acids is 1. The lowest BCUT2D eigenvalue weighted by atomic mass is 9.46. The SMILES string of the molecule is CC(=O)C1CCC2C3CCC4=C/C(=N\OCC(=O)NCC5CCC(C(=O)O)CC5)CC[C@]4(C)C3CC[C@]12C. The van der Waals surface area contributed by atoms with E-state index < -0.39 is 5.97 Å². The summed E-state index contributed by atoms with van der Waals surface area (Å²) in [6.45, 7) is 7.16. The molecule has 0 bridgehead atoms. The number of hydrogen-bond acceptors (Lipinski definition) is 5. The van der Waals surface area contributed by atoms with Crippen molar-refractivity contribution in [1.29, 1.82) is 0 Å². The van der Waals surface area contributed by atoms with Crippen LogP contribution in [0.2, 0.25) is 0 Å². The second kappa shape index (κ2) is 10.8. The molecule has 0 radical (unpaired) electrons. The first-order valence-corrected chi connectivity index (χ1v) is 15.0. The van der Waals surface area contributed by atoms with Crippen LogP contribution in [0.25, 0.3) is 0 Å². The highest BCUT2D eigenvalue weighted by Crippen LogP contribution is 2.66. The highest BCUT2D eigenvalue weighted by atomic mass is 16.6. The smallest absolute Gasteiger partial charge is 0.306 e. The average Bonchev–Trinajstić information content (AvgIpc) is 3.25. The molecule has 4 unspecified atom stereocenters. The predicted molar refractivity (Wildman–Crippen MR) is 145 cm³/mol. The maximum Gasteiger partial charge on any atom is 0.306 e. The van der Waals surface area contributed by atoms with Gasteiger partial charge >= 0.3 is 5.97 Å². The third kappa shape index (κ3) is 5.06. The number of aliphatic carboxylic acids is 1. The maximum absolute atomic E-state index is 12.4. The van der Waals surface area contributed by atoms with Gasteiger partial charge in [0.25, 0.3) is 5.91 Å².